The van der Waals surface area contributed by atoms with Crippen LogP contribution in [0.25, 0.3) is 0 Å². The van der Waals surface area contributed by atoms with Gasteiger partial charge in [-0.25, -0.2) is 4.79 Å². The van der Waals surface area contributed by atoms with E-state index in [0.29, 0.717) is 17.3 Å². The standard InChI is InChI=1S/C10H12N2O2/c1-10(2)5-3-4-7(6(5)10)11-12-8(4)9(13)14/h5-6H,3H2,1-2H3,(H,11,12)(H,13,14)/t5-,6-/m0/s1. The molecule has 4 heteroatoms. The van der Waals surface area contributed by atoms with Crippen LogP contribution in [0.3, 0.4) is 0 Å². The van der Waals surface area contributed by atoms with Gasteiger partial charge in [0.05, 0.1) is 0 Å². The Bertz CT molecular complexity index is 433. The van der Waals surface area contributed by atoms with E-state index in [4.69, 9.17) is 5.11 Å². The van der Waals surface area contributed by atoms with E-state index in [0.717, 1.165) is 17.7 Å². The molecule has 2 aliphatic carbocycles. The molecule has 2 aliphatic rings. The van der Waals surface area contributed by atoms with Crippen LogP contribution in [0.5, 0.6) is 0 Å². The van der Waals surface area contributed by atoms with Crippen molar-refractivity contribution in [3.05, 3.63) is 17.0 Å². The molecular weight excluding hydrogens is 180 g/mol. The molecule has 1 saturated carbocycles. The molecule has 1 aromatic rings. The number of rotatable bonds is 1. The molecule has 14 heavy (non-hydrogen) atoms. The molecular formula is C10H12N2O2. The number of aromatic nitrogens is 2. The minimum Gasteiger partial charge on any atom is -0.476 e. The number of H-pyrrole nitrogens is 1. The average molecular weight is 192 g/mol. The number of carboxylic acid groups (broad SMARTS) is 1. The normalized spacial score (nSPS) is 31.0. The largest absolute Gasteiger partial charge is 0.476 e. The van der Waals surface area contributed by atoms with E-state index < -0.39 is 5.97 Å². The minimum atomic E-state index is -0.915. The lowest BCUT2D eigenvalue weighted by Gasteiger charge is -2.06. The highest BCUT2D eigenvalue weighted by Gasteiger charge is 2.63. The van der Waals surface area contributed by atoms with E-state index in [2.05, 4.69) is 24.0 Å². The van der Waals surface area contributed by atoms with Gasteiger partial charge in [-0.2, -0.15) is 5.10 Å². The molecule has 1 aromatic heterocycles. The Morgan fingerprint density at radius 1 is 1.64 bits per heavy atom. The van der Waals surface area contributed by atoms with Gasteiger partial charge in [0, 0.05) is 17.2 Å². The number of aromatic amines is 1. The average Bonchev–Trinajstić information content (AvgIpc) is 2.49. The van der Waals surface area contributed by atoms with Crippen LogP contribution in [0.2, 0.25) is 0 Å². The van der Waals surface area contributed by atoms with Crippen LogP contribution in [0, 0.1) is 11.3 Å². The van der Waals surface area contributed by atoms with Crippen LogP contribution >= 0.6 is 0 Å². The quantitative estimate of drug-likeness (QED) is 0.706. The van der Waals surface area contributed by atoms with E-state index in [1.165, 1.54) is 0 Å². The molecule has 0 radical (unpaired) electrons. The third kappa shape index (κ3) is 0.705. The Morgan fingerprint density at radius 2 is 2.36 bits per heavy atom. The Labute approximate surface area is 81.3 Å². The van der Waals surface area contributed by atoms with E-state index in [-0.39, 0.29) is 5.69 Å². The molecule has 2 N–H and O–H groups in total. The molecule has 3 rings (SSSR count). The molecule has 74 valence electrons. The second-order valence-electron chi connectivity index (χ2n) is 4.88. The molecule has 1 heterocycles. The maximum absolute atomic E-state index is 10.8. The van der Waals surface area contributed by atoms with Gasteiger partial charge in [0.15, 0.2) is 5.69 Å². The molecule has 0 saturated heterocycles. The summed E-state index contributed by atoms with van der Waals surface area (Å²) in [5.41, 5.74) is 2.57. The topological polar surface area (TPSA) is 66.0 Å². The summed E-state index contributed by atoms with van der Waals surface area (Å²) in [4.78, 5) is 10.8. The van der Waals surface area contributed by atoms with Gasteiger partial charge in [0.1, 0.15) is 0 Å². The maximum Gasteiger partial charge on any atom is 0.356 e. The number of nitrogens with zero attached hydrogens (tertiary/aromatic N) is 1. The molecule has 0 aromatic carbocycles. The molecule has 4 nitrogen and oxygen atoms in total. The summed E-state index contributed by atoms with van der Waals surface area (Å²) in [7, 11) is 0. The van der Waals surface area contributed by atoms with Crippen molar-refractivity contribution >= 4 is 5.97 Å². The number of hydrogen-bond acceptors (Lipinski definition) is 2. The van der Waals surface area contributed by atoms with E-state index in [1.807, 2.05) is 0 Å². The predicted octanol–water partition coefficient (Wildman–Crippen LogP) is 1.40. The van der Waals surface area contributed by atoms with Crippen LogP contribution in [-0.4, -0.2) is 21.3 Å². The lowest BCUT2D eigenvalue weighted by molar-refractivity contribution is 0.0689. The first-order chi connectivity index (χ1) is 6.53. The monoisotopic (exact) mass is 192 g/mol. The maximum atomic E-state index is 10.8. The number of hydrogen-bond donors (Lipinski definition) is 2. The SMILES string of the molecule is CC1(C)[C@@H]2c3[nH]nc(C(=O)O)c3C[C@@H]21. The van der Waals surface area contributed by atoms with Crippen molar-refractivity contribution in [1.82, 2.24) is 10.2 Å². The predicted molar refractivity (Wildman–Crippen MR) is 49.3 cm³/mol. The molecule has 1 fully saturated rings. The van der Waals surface area contributed by atoms with Gasteiger partial charge < -0.3 is 5.11 Å². The Hall–Kier alpha value is -1.32. The number of nitrogens with one attached hydrogen (secondary N) is 1. The van der Waals surface area contributed by atoms with Gasteiger partial charge >= 0.3 is 5.97 Å². The fourth-order valence-corrected chi connectivity index (χ4v) is 2.94. The third-order valence-electron chi connectivity index (χ3n) is 3.89. The van der Waals surface area contributed by atoms with Crippen molar-refractivity contribution in [3.8, 4) is 0 Å². The minimum absolute atomic E-state index is 0.225. The van der Waals surface area contributed by atoms with E-state index in [9.17, 15) is 4.79 Å². The van der Waals surface area contributed by atoms with Crippen LogP contribution in [0.4, 0.5) is 0 Å². The first-order valence-corrected chi connectivity index (χ1v) is 4.84. The van der Waals surface area contributed by atoms with E-state index >= 15 is 0 Å². The van der Waals surface area contributed by atoms with Gasteiger partial charge in [-0.3, -0.25) is 5.10 Å². The lowest BCUT2D eigenvalue weighted by Crippen LogP contribution is -2.04. The number of aromatic carboxylic acids is 1. The summed E-state index contributed by atoms with van der Waals surface area (Å²) in [6.45, 7) is 4.46. The number of fused-ring (bicyclic) bond motifs is 3. The van der Waals surface area contributed by atoms with Crippen molar-refractivity contribution in [2.75, 3.05) is 0 Å². The van der Waals surface area contributed by atoms with Crippen molar-refractivity contribution in [2.24, 2.45) is 11.3 Å². The second-order valence-corrected chi connectivity index (χ2v) is 4.88. The Balaban J connectivity index is 2.07. The van der Waals surface area contributed by atoms with Crippen molar-refractivity contribution in [3.63, 3.8) is 0 Å². The van der Waals surface area contributed by atoms with Crippen molar-refractivity contribution in [1.29, 1.82) is 0 Å². The first kappa shape index (κ1) is 8.03. The van der Waals surface area contributed by atoms with Crippen molar-refractivity contribution in [2.45, 2.75) is 26.2 Å². The molecule has 2 atom stereocenters. The summed E-state index contributed by atoms with van der Waals surface area (Å²) in [5, 5.41) is 15.6. The highest BCUT2D eigenvalue weighted by atomic mass is 16.4. The van der Waals surface area contributed by atoms with Crippen molar-refractivity contribution < 1.29 is 9.90 Å². The van der Waals surface area contributed by atoms with Crippen LogP contribution in [-0.2, 0) is 6.42 Å². The molecule has 0 unspecified atom stereocenters. The third-order valence-corrected chi connectivity index (χ3v) is 3.89. The summed E-state index contributed by atoms with van der Waals surface area (Å²) in [6.07, 6.45) is 0.880. The fourth-order valence-electron chi connectivity index (χ4n) is 2.94. The van der Waals surface area contributed by atoms with Gasteiger partial charge in [-0.05, 0) is 17.8 Å². The van der Waals surface area contributed by atoms with Crippen LogP contribution in [0.1, 0.15) is 41.5 Å². The molecule has 0 aliphatic heterocycles. The zero-order chi connectivity index (χ0) is 10.1. The van der Waals surface area contributed by atoms with Gasteiger partial charge in [0.25, 0.3) is 0 Å². The van der Waals surface area contributed by atoms with Crippen LogP contribution < -0.4 is 0 Å². The zero-order valence-corrected chi connectivity index (χ0v) is 8.16. The smallest absolute Gasteiger partial charge is 0.356 e. The number of carbonyl (C=O) groups is 1. The molecule has 0 amide bonds. The first-order valence-electron chi connectivity index (χ1n) is 4.84. The van der Waals surface area contributed by atoms with Gasteiger partial charge in [0.2, 0.25) is 0 Å². The van der Waals surface area contributed by atoms with E-state index in [1.54, 1.807) is 0 Å². The summed E-state index contributed by atoms with van der Waals surface area (Å²) >= 11 is 0. The fraction of sp³-hybridized carbons (Fsp3) is 0.600. The zero-order valence-electron chi connectivity index (χ0n) is 8.16. The summed E-state index contributed by atoms with van der Waals surface area (Å²) in [6, 6.07) is 0. The molecule has 0 spiro atoms. The Kier molecular flexibility index (Phi) is 1.16. The molecule has 0 bridgehead atoms. The second kappa shape index (κ2) is 2.02. The highest BCUT2D eigenvalue weighted by Crippen LogP contribution is 2.69. The Morgan fingerprint density at radius 3 is 3.00 bits per heavy atom. The summed E-state index contributed by atoms with van der Waals surface area (Å²) in [5.74, 6) is 0.226. The lowest BCUT2D eigenvalue weighted by atomic mass is 9.98. The number of carboxylic acids is 1. The highest BCUT2D eigenvalue weighted by molar-refractivity contribution is 5.88. The van der Waals surface area contributed by atoms with Gasteiger partial charge in [-0.1, -0.05) is 13.8 Å². The van der Waals surface area contributed by atoms with Gasteiger partial charge in [-0.15, -0.1) is 0 Å². The van der Waals surface area contributed by atoms with Crippen LogP contribution in [0.15, 0.2) is 0 Å². The summed E-state index contributed by atoms with van der Waals surface area (Å²) < 4.78 is 0.